The monoisotopic (exact) mass is 439 g/mol. The normalized spacial score (nSPS) is 11.0. The average molecular weight is 440 g/mol. The number of fused-ring (bicyclic) bond motifs is 1. The molecule has 0 atom stereocenters. The van der Waals surface area contributed by atoms with E-state index in [9.17, 15) is 14.0 Å². The molecule has 30 heavy (non-hydrogen) atoms. The van der Waals surface area contributed by atoms with Crippen LogP contribution in [-0.2, 0) is 18.4 Å². The Morgan fingerprint density at radius 1 is 1.17 bits per heavy atom. The fraction of sp³-hybridized carbons (Fsp3) is 0.136. The number of rotatable bonds is 6. The van der Waals surface area contributed by atoms with Crippen LogP contribution in [0.25, 0.3) is 20.7 Å². The fourth-order valence-electron chi connectivity index (χ4n) is 2.89. The number of thiophene rings is 1. The number of hydrogen-bond donors (Lipinski definition) is 1. The van der Waals surface area contributed by atoms with Gasteiger partial charge in [-0.1, -0.05) is 54.2 Å². The first-order valence-corrected chi connectivity index (χ1v) is 11.0. The number of nitrogens with one attached hydrogen (secondary N) is 1. The fourth-order valence-corrected chi connectivity index (χ4v) is 4.77. The summed E-state index contributed by atoms with van der Waals surface area (Å²) in [6.45, 7) is 0.316. The lowest BCUT2D eigenvalue weighted by atomic mass is 10.2. The highest BCUT2D eigenvalue weighted by Gasteiger charge is 2.14. The van der Waals surface area contributed by atoms with E-state index >= 15 is 0 Å². The van der Waals surface area contributed by atoms with E-state index in [0.29, 0.717) is 21.9 Å². The predicted octanol–water partition coefficient (Wildman–Crippen LogP) is 4.21. The summed E-state index contributed by atoms with van der Waals surface area (Å²) in [6, 6.07) is 17.7. The molecule has 1 N–H and O–H groups in total. The van der Waals surface area contributed by atoms with Crippen molar-refractivity contribution >= 4 is 39.2 Å². The van der Waals surface area contributed by atoms with E-state index in [4.69, 9.17) is 0 Å². The van der Waals surface area contributed by atoms with Crippen LogP contribution in [0, 0.1) is 5.82 Å². The molecule has 0 aliphatic carbocycles. The number of halogens is 1. The van der Waals surface area contributed by atoms with Gasteiger partial charge in [-0.2, -0.15) is 0 Å². The number of carbonyl (C=O) groups excluding carboxylic acids is 1. The van der Waals surface area contributed by atoms with E-state index in [-0.39, 0.29) is 23.0 Å². The highest BCUT2D eigenvalue weighted by atomic mass is 32.2. The second-order valence-electron chi connectivity index (χ2n) is 6.64. The lowest BCUT2D eigenvalue weighted by Crippen LogP contribution is -2.25. The molecular weight excluding hydrogens is 421 g/mol. The zero-order chi connectivity index (χ0) is 21.1. The smallest absolute Gasteiger partial charge is 0.271 e. The van der Waals surface area contributed by atoms with Gasteiger partial charge in [-0.15, -0.1) is 11.3 Å². The lowest BCUT2D eigenvalue weighted by molar-refractivity contribution is -0.118. The maximum Gasteiger partial charge on any atom is 0.271 e. The summed E-state index contributed by atoms with van der Waals surface area (Å²) in [6.07, 6.45) is 0. The first kappa shape index (κ1) is 20.3. The van der Waals surface area contributed by atoms with Crippen molar-refractivity contribution in [1.82, 2.24) is 14.9 Å². The van der Waals surface area contributed by atoms with Gasteiger partial charge in [0.15, 0.2) is 5.16 Å². The predicted molar refractivity (Wildman–Crippen MR) is 119 cm³/mol. The summed E-state index contributed by atoms with van der Waals surface area (Å²) >= 11 is 2.63. The van der Waals surface area contributed by atoms with Crippen LogP contribution in [0.1, 0.15) is 5.56 Å². The summed E-state index contributed by atoms with van der Waals surface area (Å²) in [5, 5.41) is 3.28. The summed E-state index contributed by atoms with van der Waals surface area (Å²) in [5.41, 5.74) is 2.36. The Labute approximate surface area is 180 Å². The van der Waals surface area contributed by atoms with E-state index in [2.05, 4.69) is 10.3 Å². The number of aromatic nitrogens is 2. The molecule has 4 rings (SSSR count). The molecule has 0 spiro atoms. The zero-order valence-corrected chi connectivity index (χ0v) is 17.7. The first-order chi connectivity index (χ1) is 14.5. The van der Waals surface area contributed by atoms with Gasteiger partial charge in [0.1, 0.15) is 10.5 Å². The molecule has 0 bridgehead atoms. The van der Waals surface area contributed by atoms with E-state index in [1.807, 2.05) is 36.4 Å². The Kier molecular flexibility index (Phi) is 5.96. The van der Waals surface area contributed by atoms with Gasteiger partial charge in [0.2, 0.25) is 5.91 Å². The Morgan fingerprint density at radius 3 is 2.63 bits per heavy atom. The number of amides is 1. The van der Waals surface area contributed by atoms with Gasteiger partial charge in [-0.25, -0.2) is 9.37 Å². The Bertz CT molecular complexity index is 1250. The van der Waals surface area contributed by atoms with E-state index < -0.39 is 0 Å². The second-order valence-corrected chi connectivity index (χ2v) is 8.64. The zero-order valence-electron chi connectivity index (χ0n) is 16.1. The molecule has 0 saturated heterocycles. The van der Waals surface area contributed by atoms with Gasteiger partial charge >= 0.3 is 0 Å². The van der Waals surface area contributed by atoms with Crippen molar-refractivity contribution in [3.8, 4) is 10.4 Å². The van der Waals surface area contributed by atoms with Crippen molar-refractivity contribution in [2.75, 3.05) is 5.75 Å². The maximum absolute atomic E-state index is 12.9. The molecular formula is C22H18FN3O2S2. The van der Waals surface area contributed by atoms with Crippen molar-refractivity contribution in [2.24, 2.45) is 7.05 Å². The Hall–Kier alpha value is -2.97. The molecule has 0 fully saturated rings. The molecule has 1 amide bonds. The highest BCUT2D eigenvalue weighted by molar-refractivity contribution is 7.99. The third-order valence-corrected chi connectivity index (χ3v) is 6.70. The van der Waals surface area contributed by atoms with Crippen molar-refractivity contribution < 1.29 is 9.18 Å². The van der Waals surface area contributed by atoms with E-state index in [1.165, 1.54) is 39.8 Å². The third-order valence-electron chi connectivity index (χ3n) is 4.51. The summed E-state index contributed by atoms with van der Waals surface area (Å²) < 4.78 is 15.0. The summed E-state index contributed by atoms with van der Waals surface area (Å²) in [4.78, 5) is 30.5. The van der Waals surface area contributed by atoms with Gasteiger partial charge < -0.3 is 5.32 Å². The van der Waals surface area contributed by atoms with Crippen LogP contribution < -0.4 is 10.9 Å². The maximum atomic E-state index is 12.9. The molecule has 5 nitrogen and oxygen atoms in total. The molecule has 4 aromatic rings. The van der Waals surface area contributed by atoms with Crippen molar-refractivity contribution in [3.05, 3.63) is 82.4 Å². The minimum absolute atomic E-state index is 0.124. The molecule has 2 heterocycles. The van der Waals surface area contributed by atoms with Crippen molar-refractivity contribution in [1.29, 1.82) is 0 Å². The third kappa shape index (κ3) is 4.44. The number of carbonyl (C=O) groups is 1. The number of benzene rings is 2. The minimum Gasteiger partial charge on any atom is -0.351 e. The molecule has 0 saturated carbocycles. The molecule has 0 aliphatic rings. The molecule has 2 aromatic heterocycles. The number of hydrogen-bond acceptors (Lipinski definition) is 5. The number of nitrogens with zero attached hydrogens (tertiary/aromatic N) is 2. The molecule has 0 radical (unpaired) electrons. The van der Waals surface area contributed by atoms with Gasteiger partial charge in [-0.3, -0.25) is 14.2 Å². The van der Waals surface area contributed by atoms with Crippen LogP contribution in [0.3, 0.4) is 0 Å². The molecule has 152 valence electrons. The van der Waals surface area contributed by atoms with Gasteiger partial charge in [-0.05, 0) is 29.3 Å². The second kappa shape index (κ2) is 8.81. The van der Waals surface area contributed by atoms with Crippen LogP contribution in [0.5, 0.6) is 0 Å². The minimum atomic E-state index is -0.313. The van der Waals surface area contributed by atoms with Crippen LogP contribution >= 0.6 is 23.1 Å². The quantitative estimate of drug-likeness (QED) is 0.361. The average Bonchev–Trinajstić information content (AvgIpc) is 3.20. The van der Waals surface area contributed by atoms with Gasteiger partial charge in [0.05, 0.1) is 11.3 Å². The van der Waals surface area contributed by atoms with E-state index in [0.717, 1.165) is 16.0 Å². The molecule has 8 heteroatoms. The molecule has 0 unspecified atom stereocenters. The summed E-state index contributed by atoms with van der Waals surface area (Å²) in [5.74, 6) is -0.372. The largest absolute Gasteiger partial charge is 0.351 e. The van der Waals surface area contributed by atoms with E-state index in [1.54, 1.807) is 19.2 Å². The van der Waals surface area contributed by atoms with Gasteiger partial charge in [0.25, 0.3) is 5.56 Å². The molecule has 2 aromatic carbocycles. The SMILES string of the molecule is Cn1c(SCC(=O)NCc2ccc(F)cc2)nc2cc(-c3ccccc3)sc2c1=O. The standard InChI is InChI=1S/C22H18FN3O2S2/c1-26-21(28)20-17(11-18(30-20)15-5-3-2-4-6-15)25-22(26)29-13-19(27)24-12-14-7-9-16(23)10-8-14/h2-11H,12-13H2,1H3,(H,24,27). The Morgan fingerprint density at radius 2 is 1.90 bits per heavy atom. The topological polar surface area (TPSA) is 64.0 Å². The van der Waals surface area contributed by atoms with Crippen LogP contribution in [0.4, 0.5) is 4.39 Å². The van der Waals surface area contributed by atoms with Crippen molar-refractivity contribution in [3.63, 3.8) is 0 Å². The van der Waals surface area contributed by atoms with Gasteiger partial charge in [0, 0.05) is 18.5 Å². The summed E-state index contributed by atoms with van der Waals surface area (Å²) in [7, 11) is 1.66. The van der Waals surface area contributed by atoms with Crippen LogP contribution in [0.15, 0.2) is 70.6 Å². The van der Waals surface area contributed by atoms with Crippen molar-refractivity contribution in [2.45, 2.75) is 11.7 Å². The first-order valence-electron chi connectivity index (χ1n) is 9.21. The highest BCUT2D eigenvalue weighted by Crippen LogP contribution is 2.31. The Balaban J connectivity index is 1.47. The van der Waals surface area contributed by atoms with Crippen LogP contribution in [0.2, 0.25) is 0 Å². The van der Waals surface area contributed by atoms with Crippen LogP contribution in [-0.4, -0.2) is 21.2 Å². The lowest BCUT2D eigenvalue weighted by Gasteiger charge is -2.08. The molecule has 0 aliphatic heterocycles. The number of thioether (sulfide) groups is 1.